The number of hydrogen-bond donors (Lipinski definition) is 1. The fraction of sp³-hybridized carbons (Fsp3) is 0. The van der Waals surface area contributed by atoms with Crippen LogP contribution in [0.3, 0.4) is 0 Å². The van der Waals surface area contributed by atoms with E-state index in [2.05, 4.69) is 9.97 Å². The molecule has 0 aliphatic rings. The minimum absolute atomic E-state index is 0.0736. The second kappa shape index (κ2) is 3.82. The van der Waals surface area contributed by atoms with Crippen LogP contribution in [0.25, 0.3) is 5.69 Å². The van der Waals surface area contributed by atoms with Gasteiger partial charge in [0.2, 0.25) is 5.82 Å². The number of pyridine rings is 1. The van der Waals surface area contributed by atoms with Crippen molar-refractivity contribution in [1.82, 2.24) is 14.5 Å². The Morgan fingerprint density at radius 1 is 1.50 bits per heavy atom. The van der Waals surface area contributed by atoms with Crippen LogP contribution in [-0.2, 0) is 0 Å². The van der Waals surface area contributed by atoms with E-state index in [0.717, 1.165) is 0 Å². The predicted octanol–water partition coefficient (Wildman–Crippen LogP) is 0.837. The van der Waals surface area contributed by atoms with Crippen molar-refractivity contribution in [3.8, 4) is 11.8 Å². The van der Waals surface area contributed by atoms with Crippen LogP contribution < -0.4 is 0 Å². The summed E-state index contributed by atoms with van der Waals surface area (Å²) < 4.78 is 1.39. The second-order valence-electron chi connectivity index (χ2n) is 2.93. The van der Waals surface area contributed by atoms with Gasteiger partial charge in [-0.25, -0.2) is 9.78 Å². The summed E-state index contributed by atoms with van der Waals surface area (Å²) in [5.74, 6) is -0.953. The largest absolute Gasteiger partial charge is 0.478 e. The maximum atomic E-state index is 11.0. The number of imidazole rings is 1. The van der Waals surface area contributed by atoms with Crippen LogP contribution in [-0.4, -0.2) is 25.6 Å². The van der Waals surface area contributed by atoms with E-state index < -0.39 is 5.97 Å². The molecular formula is C10H6N4O2. The van der Waals surface area contributed by atoms with Crippen molar-refractivity contribution in [2.24, 2.45) is 0 Å². The molecule has 0 aliphatic carbocycles. The van der Waals surface area contributed by atoms with Crippen molar-refractivity contribution in [1.29, 1.82) is 5.26 Å². The Morgan fingerprint density at radius 2 is 2.31 bits per heavy atom. The summed E-state index contributed by atoms with van der Waals surface area (Å²) in [6.07, 6.45) is 5.71. The third-order valence-electron chi connectivity index (χ3n) is 2.03. The maximum absolute atomic E-state index is 11.0. The van der Waals surface area contributed by atoms with E-state index >= 15 is 0 Å². The Balaban J connectivity index is 2.66. The predicted molar refractivity (Wildman–Crippen MR) is 53.0 cm³/mol. The standard InChI is InChI=1S/C10H6N4O2/c11-5-9-13-3-4-14(9)8-6-12-2-1-7(8)10(15)16/h1-4,6H,(H,15,16). The number of carbonyl (C=O) groups is 1. The van der Waals surface area contributed by atoms with Gasteiger partial charge in [0, 0.05) is 18.6 Å². The average molecular weight is 214 g/mol. The summed E-state index contributed by atoms with van der Waals surface area (Å²) in [6, 6.07) is 3.25. The van der Waals surface area contributed by atoms with E-state index in [1.807, 2.05) is 6.07 Å². The Hall–Kier alpha value is -2.68. The monoisotopic (exact) mass is 214 g/mol. The topological polar surface area (TPSA) is 91.8 Å². The van der Waals surface area contributed by atoms with E-state index in [4.69, 9.17) is 10.4 Å². The molecule has 2 aromatic rings. The molecule has 6 nitrogen and oxygen atoms in total. The third-order valence-corrected chi connectivity index (χ3v) is 2.03. The Bertz CT molecular complexity index is 583. The lowest BCUT2D eigenvalue weighted by molar-refractivity contribution is 0.0697. The van der Waals surface area contributed by atoms with Gasteiger partial charge in [0.25, 0.3) is 0 Å². The molecular weight excluding hydrogens is 208 g/mol. The maximum Gasteiger partial charge on any atom is 0.337 e. The van der Waals surface area contributed by atoms with E-state index in [0.29, 0.717) is 5.69 Å². The first-order valence-corrected chi connectivity index (χ1v) is 4.35. The van der Waals surface area contributed by atoms with Crippen LogP contribution >= 0.6 is 0 Å². The molecule has 2 rings (SSSR count). The minimum atomic E-state index is -1.07. The molecule has 16 heavy (non-hydrogen) atoms. The molecule has 0 saturated heterocycles. The average Bonchev–Trinajstić information content (AvgIpc) is 2.76. The van der Waals surface area contributed by atoms with Gasteiger partial charge in [-0.1, -0.05) is 0 Å². The highest BCUT2D eigenvalue weighted by atomic mass is 16.4. The molecule has 0 fully saturated rings. The molecule has 0 atom stereocenters. The number of nitriles is 1. The molecule has 78 valence electrons. The van der Waals surface area contributed by atoms with Gasteiger partial charge in [-0.2, -0.15) is 5.26 Å². The van der Waals surface area contributed by atoms with Gasteiger partial charge < -0.3 is 5.11 Å². The molecule has 0 amide bonds. The lowest BCUT2D eigenvalue weighted by Crippen LogP contribution is -2.06. The van der Waals surface area contributed by atoms with Crippen molar-refractivity contribution in [3.05, 3.63) is 42.2 Å². The number of aromatic nitrogens is 3. The highest BCUT2D eigenvalue weighted by Crippen LogP contribution is 2.14. The number of rotatable bonds is 2. The van der Waals surface area contributed by atoms with Gasteiger partial charge in [-0.3, -0.25) is 9.55 Å². The van der Waals surface area contributed by atoms with Crippen molar-refractivity contribution in [2.45, 2.75) is 0 Å². The van der Waals surface area contributed by atoms with Gasteiger partial charge >= 0.3 is 5.97 Å². The quantitative estimate of drug-likeness (QED) is 0.799. The highest BCUT2D eigenvalue weighted by molar-refractivity contribution is 5.91. The molecule has 6 heteroatoms. The van der Waals surface area contributed by atoms with Crippen molar-refractivity contribution in [3.63, 3.8) is 0 Å². The number of aromatic carboxylic acids is 1. The summed E-state index contributed by atoms with van der Waals surface area (Å²) in [4.78, 5) is 18.6. The summed E-state index contributed by atoms with van der Waals surface area (Å²) in [5.41, 5.74) is 0.397. The molecule has 0 aromatic carbocycles. The van der Waals surface area contributed by atoms with Crippen LogP contribution in [0.2, 0.25) is 0 Å². The second-order valence-corrected chi connectivity index (χ2v) is 2.93. The van der Waals surface area contributed by atoms with E-state index in [9.17, 15) is 4.79 Å². The fourth-order valence-electron chi connectivity index (χ4n) is 1.34. The number of carboxylic acid groups (broad SMARTS) is 1. The number of nitrogens with zero attached hydrogens (tertiary/aromatic N) is 4. The molecule has 0 radical (unpaired) electrons. The first-order chi connectivity index (χ1) is 7.74. The Morgan fingerprint density at radius 3 is 3.00 bits per heavy atom. The lowest BCUT2D eigenvalue weighted by Gasteiger charge is -2.06. The van der Waals surface area contributed by atoms with Crippen molar-refractivity contribution in [2.75, 3.05) is 0 Å². The van der Waals surface area contributed by atoms with Crippen LogP contribution in [0, 0.1) is 11.3 Å². The number of hydrogen-bond acceptors (Lipinski definition) is 4. The molecule has 0 bridgehead atoms. The highest BCUT2D eigenvalue weighted by Gasteiger charge is 2.13. The molecule has 2 aromatic heterocycles. The zero-order valence-corrected chi connectivity index (χ0v) is 8.03. The lowest BCUT2D eigenvalue weighted by atomic mass is 10.2. The summed E-state index contributed by atoms with van der Waals surface area (Å²) in [6.45, 7) is 0. The zero-order valence-electron chi connectivity index (χ0n) is 8.03. The first-order valence-electron chi connectivity index (χ1n) is 4.35. The molecule has 0 unspecified atom stereocenters. The summed E-state index contributed by atoms with van der Waals surface area (Å²) >= 11 is 0. The van der Waals surface area contributed by atoms with Crippen LogP contribution in [0.4, 0.5) is 0 Å². The van der Waals surface area contributed by atoms with Crippen LogP contribution in [0.15, 0.2) is 30.9 Å². The van der Waals surface area contributed by atoms with Crippen molar-refractivity contribution >= 4 is 5.97 Å². The van der Waals surface area contributed by atoms with E-state index in [1.165, 1.54) is 35.4 Å². The normalized spacial score (nSPS) is 9.69. The minimum Gasteiger partial charge on any atom is -0.478 e. The summed E-state index contributed by atoms with van der Waals surface area (Å²) in [7, 11) is 0. The van der Waals surface area contributed by atoms with Gasteiger partial charge in [-0.05, 0) is 6.07 Å². The molecule has 1 N–H and O–H groups in total. The van der Waals surface area contributed by atoms with Gasteiger partial charge in [-0.15, -0.1) is 0 Å². The molecule has 0 saturated carbocycles. The fourth-order valence-corrected chi connectivity index (χ4v) is 1.34. The smallest absolute Gasteiger partial charge is 0.337 e. The molecule has 0 aliphatic heterocycles. The van der Waals surface area contributed by atoms with Crippen molar-refractivity contribution < 1.29 is 9.90 Å². The van der Waals surface area contributed by atoms with E-state index in [1.54, 1.807) is 0 Å². The Labute approximate surface area is 90.4 Å². The van der Waals surface area contributed by atoms with Gasteiger partial charge in [0.15, 0.2) is 0 Å². The van der Waals surface area contributed by atoms with Crippen LogP contribution in [0.1, 0.15) is 16.2 Å². The molecule has 2 heterocycles. The Kier molecular flexibility index (Phi) is 2.36. The molecule has 0 spiro atoms. The number of carboxylic acids is 1. The third kappa shape index (κ3) is 1.50. The van der Waals surface area contributed by atoms with E-state index in [-0.39, 0.29) is 11.4 Å². The first kappa shape index (κ1) is 9.86. The van der Waals surface area contributed by atoms with Gasteiger partial charge in [0.05, 0.1) is 17.4 Å². The zero-order chi connectivity index (χ0) is 11.5. The summed E-state index contributed by atoms with van der Waals surface area (Å²) in [5, 5.41) is 17.8. The van der Waals surface area contributed by atoms with Crippen LogP contribution in [0.5, 0.6) is 0 Å². The SMILES string of the molecule is N#Cc1nccn1-c1cnccc1C(=O)O. The van der Waals surface area contributed by atoms with Gasteiger partial charge in [0.1, 0.15) is 6.07 Å².